The van der Waals surface area contributed by atoms with Gasteiger partial charge in [0, 0.05) is 13.1 Å². The molecule has 0 radical (unpaired) electrons. The summed E-state index contributed by atoms with van der Waals surface area (Å²) in [6.07, 6.45) is 6.62. The van der Waals surface area contributed by atoms with Gasteiger partial charge in [0.2, 0.25) is 0 Å². The van der Waals surface area contributed by atoms with Gasteiger partial charge in [-0.05, 0) is 31.6 Å². The van der Waals surface area contributed by atoms with E-state index in [1.165, 1.54) is 30.4 Å². The zero-order chi connectivity index (χ0) is 13.2. The molecule has 0 aromatic carbocycles. The smallest absolute Gasteiger partial charge is 0.287 e. The molecule has 1 aromatic rings. The highest BCUT2D eigenvalue weighted by Gasteiger charge is 2.41. The van der Waals surface area contributed by atoms with Crippen molar-refractivity contribution in [1.82, 2.24) is 9.78 Å². The lowest BCUT2D eigenvalue weighted by atomic mass is 10.0. The molecule has 0 bridgehead atoms. The molecule has 0 unspecified atom stereocenters. The first-order valence-corrected chi connectivity index (χ1v) is 6.99. The van der Waals surface area contributed by atoms with Crippen molar-refractivity contribution in [3.8, 4) is 0 Å². The Morgan fingerprint density at radius 1 is 1.50 bits per heavy atom. The van der Waals surface area contributed by atoms with Crippen LogP contribution in [-0.4, -0.2) is 16.3 Å². The van der Waals surface area contributed by atoms with E-state index in [0.717, 1.165) is 6.54 Å². The fourth-order valence-electron chi connectivity index (χ4n) is 2.32. The Morgan fingerprint density at radius 3 is 2.78 bits per heavy atom. The average molecular weight is 270 g/mol. The molecule has 0 atom stereocenters. The molecule has 1 aromatic heterocycles. The molecular weight excluding hydrogens is 250 g/mol. The maximum atomic E-state index is 11.8. The van der Waals surface area contributed by atoms with Crippen molar-refractivity contribution in [1.29, 1.82) is 0 Å². The number of rotatable bonds is 6. The summed E-state index contributed by atoms with van der Waals surface area (Å²) in [5, 5.41) is 7.62. The van der Waals surface area contributed by atoms with Gasteiger partial charge in [-0.15, -0.1) is 0 Å². The van der Waals surface area contributed by atoms with Crippen LogP contribution in [0, 0.1) is 5.41 Å². The van der Waals surface area contributed by atoms with E-state index in [1.54, 1.807) is 6.20 Å². The lowest BCUT2D eigenvalue weighted by molar-refractivity contribution is 0.485. The van der Waals surface area contributed by atoms with E-state index in [1.807, 2.05) is 6.92 Å². The zero-order valence-electron chi connectivity index (χ0n) is 11.0. The molecule has 0 amide bonds. The van der Waals surface area contributed by atoms with E-state index in [-0.39, 0.29) is 10.6 Å². The molecule has 0 spiro atoms. The molecule has 1 N–H and O–H groups in total. The molecule has 18 heavy (non-hydrogen) atoms. The molecule has 1 saturated carbocycles. The van der Waals surface area contributed by atoms with Gasteiger partial charge in [0.15, 0.2) is 0 Å². The van der Waals surface area contributed by atoms with E-state index >= 15 is 0 Å². The molecule has 100 valence electrons. The number of halogens is 1. The Balaban J connectivity index is 2.06. The van der Waals surface area contributed by atoms with Gasteiger partial charge in [0.25, 0.3) is 5.56 Å². The predicted octanol–water partition coefficient (Wildman–Crippen LogP) is 2.91. The van der Waals surface area contributed by atoms with Crippen LogP contribution >= 0.6 is 11.6 Å². The number of aryl methyl sites for hydroxylation is 1. The van der Waals surface area contributed by atoms with Crippen molar-refractivity contribution in [2.75, 3.05) is 11.9 Å². The third-order valence-corrected chi connectivity index (χ3v) is 4.04. The van der Waals surface area contributed by atoms with Gasteiger partial charge < -0.3 is 5.32 Å². The molecule has 1 heterocycles. The quantitative estimate of drug-likeness (QED) is 0.864. The highest BCUT2D eigenvalue weighted by Crippen LogP contribution is 2.49. The summed E-state index contributed by atoms with van der Waals surface area (Å²) < 4.78 is 1.37. The van der Waals surface area contributed by atoms with Crippen LogP contribution in [-0.2, 0) is 6.54 Å². The minimum absolute atomic E-state index is 0.218. The van der Waals surface area contributed by atoms with Crippen LogP contribution in [0.15, 0.2) is 11.0 Å². The summed E-state index contributed by atoms with van der Waals surface area (Å²) in [7, 11) is 0. The molecule has 1 aliphatic rings. The van der Waals surface area contributed by atoms with E-state index in [2.05, 4.69) is 17.3 Å². The second-order valence-corrected chi connectivity index (χ2v) is 5.47. The monoisotopic (exact) mass is 269 g/mol. The maximum Gasteiger partial charge on any atom is 0.287 e. The summed E-state index contributed by atoms with van der Waals surface area (Å²) in [4.78, 5) is 11.8. The van der Waals surface area contributed by atoms with Crippen LogP contribution in [0.4, 0.5) is 5.69 Å². The third kappa shape index (κ3) is 2.69. The Morgan fingerprint density at radius 2 is 2.22 bits per heavy atom. The van der Waals surface area contributed by atoms with Gasteiger partial charge in [-0.3, -0.25) is 4.79 Å². The highest BCUT2D eigenvalue weighted by molar-refractivity contribution is 6.32. The summed E-state index contributed by atoms with van der Waals surface area (Å²) in [5.74, 6) is 0. The average Bonchev–Trinajstić information content (AvgIpc) is 3.12. The van der Waals surface area contributed by atoms with E-state index in [0.29, 0.717) is 17.6 Å². The number of hydrogen-bond acceptors (Lipinski definition) is 3. The van der Waals surface area contributed by atoms with Crippen LogP contribution in [0.5, 0.6) is 0 Å². The Bertz CT molecular complexity index is 480. The standard InChI is InChI=1S/C13H20ClN3O/c1-3-5-13(6-7-13)9-15-10-8-16-17(4-2)12(18)11(10)14/h8,15H,3-7,9H2,1-2H3. The largest absolute Gasteiger partial charge is 0.382 e. The van der Waals surface area contributed by atoms with Gasteiger partial charge in [-0.2, -0.15) is 5.10 Å². The number of nitrogens with zero attached hydrogens (tertiary/aromatic N) is 2. The van der Waals surface area contributed by atoms with Crippen molar-refractivity contribution in [3.63, 3.8) is 0 Å². The molecular formula is C13H20ClN3O. The Labute approximate surface area is 112 Å². The predicted molar refractivity (Wildman–Crippen MR) is 74.2 cm³/mol. The summed E-state index contributed by atoms with van der Waals surface area (Å²) in [6.45, 7) is 5.51. The van der Waals surface area contributed by atoms with Crippen molar-refractivity contribution in [3.05, 3.63) is 21.6 Å². The molecule has 0 saturated heterocycles. The normalized spacial score (nSPS) is 16.6. The van der Waals surface area contributed by atoms with Crippen LogP contribution in [0.25, 0.3) is 0 Å². The first kappa shape index (κ1) is 13.4. The minimum Gasteiger partial charge on any atom is -0.382 e. The first-order chi connectivity index (χ1) is 8.62. The van der Waals surface area contributed by atoms with Crippen LogP contribution < -0.4 is 10.9 Å². The zero-order valence-corrected chi connectivity index (χ0v) is 11.8. The minimum atomic E-state index is -0.218. The van der Waals surface area contributed by atoms with Gasteiger partial charge in [-0.1, -0.05) is 24.9 Å². The topological polar surface area (TPSA) is 46.9 Å². The number of nitrogens with one attached hydrogen (secondary N) is 1. The van der Waals surface area contributed by atoms with Crippen LogP contribution in [0.1, 0.15) is 39.5 Å². The third-order valence-electron chi connectivity index (χ3n) is 3.68. The number of hydrogen-bond donors (Lipinski definition) is 1. The van der Waals surface area contributed by atoms with Gasteiger partial charge in [0.1, 0.15) is 5.02 Å². The first-order valence-electron chi connectivity index (χ1n) is 6.61. The second kappa shape index (κ2) is 5.31. The SMILES string of the molecule is CCCC1(CNc2cnn(CC)c(=O)c2Cl)CC1. The van der Waals surface area contributed by atoms with Gasteiger partial charge in [-0.25, -0.2) is 4.68 Å². The van der Waals surface area contributed by atoms with Gasteiger partial charge >= 0.3 is 0 Å². The molecule has 0 aliphatic heterocycles. The van der Waals surface area contributed by atoms with E-state index in [4.69, 9.17) is 11.6 Å². The molecule has 1 aliphatic carbocycles. The Hall–Kier alpha value is -1.03. The van der Waals surface area contributed by atoms with Crippen LogP contribution in [0.3, 0.4) is 0 Å². The van der Waals surface area contributed by atoms with Crippen molar-refractivity contribution in [2.24, 2.45) is 5.41 Å². The molecule has 1 fully saturated rings. The lowest BCUT2D eigenvalue weighted by Crippen LogP contribution is -2.24. The summed E-state index contributed by atoms with van der Waals surface area (Å²) in [5.41, 5.74) is 0.871. The summed E-state index contributed by atoms with van der Waals surface area (Å²) in [6, 6.07) is 0. The van der Waals surface area contributed by atoms with Crippen molar-refractivity contribution in [2.45, 2.75) is 46.1 Å². The molecule has 4 nitrogen and oxygen atoms in total. The maximum absolute atomic E-state index is 11.8. The number of aromatic nitrogens is 2. The number of anilines is 1. The molecule has 2 rings (SSSR count). The molecule has 5 heteroatoms. The lowest BCUT2D eigenvalue weighted by Gasteiger charge is -2.16. The van der Waals surface area contributed by atoms with Gasteiger partial charge in [0.05, 0.1) is 11.9 Å². The van der Waals surface area contributed by atoms with Crippen LogP contribution in [0.2, 0.25) is 5.02 Å². The summed E-state index contributed by atoms with van der Waals surface area (Å²) >= 11 is 6.07. The fourth-order valence-corrected chi connectivity index (χ4v) is 2.53. The van der Waals surface area contributed by atoms with Crippen molar-refractivity contribution < 1.29 is 0 Å². The van der Waals surface area contributed by atoms with E-state index < -0.39 is 0 Å². The second-order valence-electron chi connectivity index (χ2n) is 5.10. The highest BCUT2D eigenvalue weighted by atomic mass is 35.5. The van der Waals surface area contributed by atoms with E-state index in [9.17, 15) is 4.79 Å². The Kier molecular flexibility index (Phi) is 3.95. The van der Waals surface area contributed by atoms with Crippen molar-refractivity contribution >= 4 is 17.3 Å². The fraction of sp³-hybridized carbons (Fsp3) is 0.692.